The molecule has 1 rings (SSSR count). The molecule has 0 aliphatic carbocycles. The van der Waals surface area contributed by atoms with E-state index in [2.05, 4.69) is 26.1 Å². The van der Waals surface area contributed by atoms with Gasteiger partial charge < -0.3 is 5.32 Å². The average Bonchev–Trinajstić information content (AvgIpc) is 2.36. The molecule has 0 amide bonds. The fourth-order valence-electron chi connectivity index (χ4n) is 1.31. The van der Waals surface area contributed by atoms with Gasteiger partial charge in [0.2, 0.25) is 0 Å². The highest BCUT2D eigenvalue weighted by Crippen LogP contribution is 2.18. The number of hydrogen-bond acceptors (Lipinski definition) is 1. The Morgan fingerprint density at radius 3 is 2.60 bits per heavy atom. The summed E-state index contributed by atoms with van der Waals surface area (Å²) >= 11 is 0. The van der Waals surface area contributed by atoms with Crippen LogP contribution < -0.4 is 5.32 Å². The molecule has 10 heavy (non-hydrogen) atoms. The van der Waals surface area contributed by atoms with Gasteiger partial charge in [-0.25, -0.2) is 0 Å². The van der Waals surface area contributed by atoms with Crippen molar-refractivity contribution in [1.29, 1.82) is 0 Å². The van der Waals surface area contributed by atoms with Gasteiger partial charge in [-0.2, -0.15) is 0 Å². The van der Waals surface area contributed by atoms with Gasteiger partial charge in [0.25, 0.3) is 0 Å². The first-order chi connectivity index (χ1) is 4.72. The molecule has 0 saturated carbocycles. The molecule has 0 unspecified atom stereocenters. The average molecular weight is 139 g/mol. The SMILES string of the molecule is C/C(=C1/CCNC1)C(C)C. The van der Waals surface area contributed by atoms with E-state index in [1.807, 2.05) is 0 Å². The van der Waals surface area contributed by atoms with Gasteiger partial charge in [-0.3, -0.25) is 0 Å². The molecule has 1 heteroatoms. The molecule has 1 aliphatic heterocycles. The Morgan fingerprint density at radius 1 is 1.50 bits per heavy atom. The fraction of sp³-hybridized carbons (Fsp3) is 0.778. The van der Waals surface area contributed by atoms with E-state index in [1.165, 1.54) is 13.0 Å². The second-order valence-corrected chi connectivity index (χ2v) is 3.37. The van der Waals surface area contributed by atoms with Crippen LogP contribution in [0.4, 0.5) is 0 Å². The van der Waals surface area contributed by atoms with Crippen molar-refractivity contribution in [2.45, 2.75) is 27.2 Å². The van der Waals surface area contributed by atoms with Gasteiger partial charge >= 0.3 is 0 Å². The van der Waals surface area contributed by atoms with Crippen LogP contribution in [0.25, 0.3) is 0 Å². The second-order valence-electron chi connectivity index (χ2n) is 3.37. The van der Waals surface area contributed by atoms with E-state index in [-0.39, 0.29) is 0 Å². The molecule has 1 nitrogen and oxygen atoms in total. The van der Waals surface area contributed by atoms with Gasteiger partial charge in [-0.15, -0.1) is 0 Å². The Hall–Kier alpha value is -0.300. The van der Waals surface area contributed by atoms with E-state index in [1.54, 1.807) is 11.1 Å². The molecule has 0 spiro atoms. The minimum absolute atomic E-state index is 0.731. The largest absolute Gasteiger partial charge is 0.313 e. The highest BCUT2D eigenvalue weighted by atomic mass is 14.9. The van der Waals surface area contributed by atoms with Gasteiger partial charge in [0.15, 0.2) is 0 Å². The molecule has 0 aromatic heterocycles. The first-order valence-electron chi connectivity index (χ1n) is 4.11. The highest BCUT2D eigenvalue weighted by Gasteiger charge is 2.10. The molecule has 1 saturated heterocycles. The van der Waals surface area contributed by atoms with Crippen LogP contribution in [0.1, 0.15) is 27.2 Å². The van der Waals surface area contributed by atoms with Crippen LogP contribution in [0, 0.1) is 5.92 Å². The minimum atomic E-state index is 0.731. The summed E-state index contributed by atoms with van der Waals surface area (Å²) in [7, 11) is 0. The van der Waals surface area contributed by atoms with Crippen LogP contribution in [0.5, 0.6) is 0 Å². The third kappa shape index (κ3) is 1.60. The zero-order chi connectivity index (χ0) is 7.56. The predicted molar refractivity (Wildman–Crippen MR) is 45.0 cm³/mol. The van der Waals surface area contributed by atoms with Gasteiger partial charge in [-0.1, -0.05) is 25.0 Å². The lowest BCUT2D eigenvalue weighted by Gasteiger charge is -2.08. The van der Waals surface area contributed by atoms with Crippen molar-refractivity contribution in [2.24, 2.45) is 5.92 Å². The lowest BCUT2D eigenvalue weighted by atomic mass is 9.98. The van der Waals surface area contributed by atoms with E-state index in [4.69, 9.17) is 0 Å². The highest BCUT2D eigenvalue weighted by molar-refractivity contribution is 5.18. The quantitative estimate of drug-likeness (QED) is 0.547. The standard InChI is InChI=1S/C9H17N/c1-7(2)8(3)9-4-5-10-6-9/h7,10H,4-6H2,1-3H3/b9-8+. The lowest BCUT2D eigenvalue weighted by molar-refractivity contribution is 0.750. The monoisotopic (exact) mass is 139 g/mol. The normalized spacial score (nSPS) is 24.0. The Morgan fingerprint density at radius 2 is 2.20 bits per heavy atom. The first kappa shape index (κ1) is 7.80. The summed E-state index contributed by atoms with van der Waals surface area (Å²) in [5, 5.41) is 3.35. The predicted octanol–water partition coefficient (Wildman–Crippen LogP) is 1.95. The number of hydrogen-bond donors (Lipinski definition) is 1. The van der Waals surface area contributed by atoms with Crippen molar-refractivity contribution in [3.63, 3.8) is 0 Å². The Kier molecular flexibility index (Phi) is 2.50. The first-order valence-corrected chi connectivity index (χ1v) is 4.11. The van der Waals surface area contributed by atoms with E-state index in [9.17, 15) is 0 Å². The van der Waals surface area contributed by atoms with Crippen molar-refractivity contribution in [3.05, 3.63) is 11.1 Å². The zero-order valence-corrected chi connectivity index (χ0v) is 7.20. The number of rotatable bonds is 1. The van der Waals surface area contributed by atoms with Crippen molar-refractivity contribution in [3.8, 4) is 0 Å². The lowest BCUT2D eigenvalue weighted by Crippen LogP contribution is -2.06. The van der Waals surface area contributed by atoms with Gasteiger partial charge in [0.05, 0.1) is 0 Å². The van der Waals surface area contributed by atoms with Crippen molar-refractivity contribution in [1.82, 2.24) is 5.32 Å². The molecule has 0 atom stereocenters. The van der Waals surface area contributed by atoms with E-state index in [0.29, 0.717) is 0 Å². The van der Waals surface area contributed by atoms with Crippen LogP contribution in [0.15, 0.2) is 11.1 Å². The van der Waals surface area contributed by atoms with E-state index < -0.39 is 0 Å². The fourth-order valence-corrected chi connectivity index (χ4v) is 1.31. The number of allylic oxidation sites excluding steroid dienone is 1. The zero-order valence-electron chi connectivity index (χ0n) is 7.20. The molecule has 58 valence electrons. The molecule has 0 bridgehead atoms. The molecule has 1 N–H and O–H groups in total. The van der Waals surface area contributed by atoms with Gasteiger partial charge in [-0.05, 0) is 25.8 Å². The van der Waals surface area contributed by atoms with Gasteiger partial charge in [0, 0.05) is 6.54 Å². The summed E-state index contributed by atoms with van der Waals surface area (Å²) in [6.45, 7) is 9.09. The van der Waals surface area contributed by atoms with Crippen LogP contribution in [-0.4, -0.2) is 13.1 Å². The van der Waals surface area contributed by atoms with E-state index in [0.717, 1.165) is 12.5 Å². The van der Waals surface area contributed by atoms with E-state index >= 15 is 0 Å². The van der Waals surface area contributed by atoms with Crippen molar-refractivity contribution >= 4 is 0 Å². The summed E-state index contributed by atoms with van der Waals surface area (Å²) in [4.78, 5) is 0. The maximum Gasteiger partial charge on any atom is 0.0167 e. The van der Waals surface area contributed by atoms with Crippen LogP contribution in [0.3, 0.4) is 0 Å². The smallest absolute Gasteiger partial charge is 0.0167 e. The summed E-state index contributed by atoms with van der Waals surface area (Å²) in [5.74, 6) is 0.731. The third-order valence-electron chi connectivity index (χ3n) is 2.37. The summed E-state index contributed by atoms with van der Waals surface area (Å²) < 4.78 is 0. The molecule has 0 aromatic carbocycles. The molecule has 1 aliphatic rings. The maximum absolute atomic E-state index is 3.35. The Balaban J connectivity index is 2.63. The third-order valence-corrected chi connectivity index (χ3v) is 2.37. The molecular formula is C9H17N. The van der Waals surface area contributed by atoms with Crippen molar-refractivity contribution in [2.75, 3.05) is 13.1 Å². The minimum Gasteiger partial charge on any atom is -0.313 e. The maximum atomic E-state index is 3.35. The summed E-state index contributed by atoms with van der Waals surface area (Å²) in [6, 6.07) is 0. The summed E-state index contributed by atoms with van der Waals surface area (Å²) in [5.41, 5.74) is 3.22. The Labute approximate surface area is 63.5 Å². The van der Waals surface area contributed by atoms with Crippen LogP contribution in [0.2, 0.25) is 0 Å². The van der Waals surface area contributed by atoms with Gasteiger partial charge in [0.1, 0.15) is 0 Å². The molecule has 0 aromatic rings. The number of nitrogens with one attached hydrogen (secondary N) is 1. The summed E-state index contributed by atoms with van der Waals surface area (Å²) in [6.07, 6.45) is 1.27. The topological polar surface area (TPSA) is 12.0 Å². The molecule has 0 radical (unpaired) electrons. The van der Waals surface area contributed by atoms with Crippen LogP contribution >= 0.6 is 0 Å². The molecule has 1 fully saturated rings. The van der Waals surface area contributed by atoms with Crippen LogP contribution in [-0.2, 0) is 0 Å². The molecule has 1 heterocycles. The Bertz CT molecular complexity index is 137. The molecular weight excluding hydrogens is 122 g/mol. The second kappa shape index (κ2) is 3.20. The van der Waals surface area contributed by atoms with Crippen molar-refractivity contribution < 1.29 is 0 Å².